The molecule has 2 aliphatic heterocycles. The summed E-state index contributed by atoms with van der Waals surface area (Å²) in [5.74, 6) is -2.81. The molecule has 7 N–H and O–H groups in total. The Balaban J connectivity index is 1.17. The van der Waals surface area contributed by atoms with Gasteiger partial charge in [-0.3, -0.25) is 23.4 Å². The van der Waals surface area contributed by atoms with Crippen LogP contribution in [0.15, 0.2) is 17.4 Å². The van der Waals surface area contributed by atoms with E-state index in [1.165, 1.54) is 10.9 Å². The molecule has 19 nitrogen and oxygen atoms in total. The Hall–Kier alpha value is -3.30. The smallest absolute Gasteiger partial charge is 0.386 e. The summed E-state index contributed by atoms with van der Waals surface area (Å²) in [5.41, 5.74) is 10.8. The van der Waals surface area contributed by atoms with E-state index in [9.17, 15) is 19.6 Å². The summed E-state index contributed by atoms with van der Waals surface area (Å²) in [6, 6.07) is 0. The monoisotopic (exact) mass is 615 g/mol. The largest absolute Gasteiger partial charge is 0.394 e. The van der Waals surface area contributed by atoms with Crippen LogP contribution in [0.5, 0.6) is 0 Å². The SMILES string of the molecule is Nc1nc2c(ncn2[C@@H]2O[C@H](CO)C[C@@H]2OP(=O)(S)OC[C@H]2OC[C@@](F)(n3nnc4c(N)ncnc43)[C@@H]2O)c(=O)[nH]1. The summed E-state index contributed by atoms with van der Waals surface area (Å²) >= 11 is 4.02. The van der Waals surface area contributed by atoms with Gasteiger partial charge in [-0.1, -0.05) is 17.5 Å². The Labute approximate surface area is 232 Å². The van der Waals surface area contributed by atoms with Gasteiger partial charge in [-0.15, -0.1) is 5.10 Å². The number of halogens is 1. The van der Waals surface area contributed by atoms with Crippen molar-refractivity contribution in [2.24, 2.45) is 0 Å². The Morgan fingerprint density at radius 2 is 2.10 bits per heavy atom. The molecule has 4 aromatic rings. The number of rotatable bonds is 8. The molecule has 0 saturated carbocycles. The van der Waals surface area contributed by atoms with Crippen LogP contribution in [-0.2, 0) is 28.9 Å². The first kappa shape index (κ1) is 27.8. The molecule has 22 heteroatoms. The number of aliphatic hydroxyl groups excluding tert-OH is 2. The summed E-state index contributed by atoms with van der Waals surface area (Å²) in [4.78, 5) is 30.3. The van der Waals surface area contributed by atoms with Crippen LogP contribution in [0.4, 0.5) is 16.2 Å². The van der Waals surface area contributed by atoms with Crippen molar-refractivity contribution in [3.63, 3.8) is 0 Å². The molecular formula is C19H23FN11O8PS. The molecule has 0 amide bonds. The van der Waals surface area contributed by atoms with E-state index < -0.39 is 68.6 Å². The van der Waals surface area contributed by atoms with Gasteiger partial charge in [0.2, 0.25) is 5.95 Å². The van der Waals surface area contributed by atoms with Crippen LogP contribution < -0.4 is 17.0 Å². The van der Waals surface area contributed by atoms with Crippen molar-refractivity contribution in [1.29, 1.82) is 0 Å². The fourth-order valence-electron chi connectivity index (χ4n) is 4.70. The first-order valence-electron chi connectivity index (χ1n) is 12.0. The van der Waals surface area contributed by atoms with Crippen molar-refractivity contribution in [3.05, 3.63) is 23.0 Å². The van der Waals surface area contributed by atoms with Gasteiger partial charge >= 0.3 is 6.80 Å². The molecule has 2 fully saturated rings. The molecule has 0 spiro atoms. The number of fused-ring (bicyclic) bond motifs is 2. The molecule has 2 saturated heterocycles. The predicted molar refractivity (Wildman–Crippen MR) is 138 cm³/mol. The molecule has 0 radical (unpaired) electrons. The van der Waals surface area contributed by atoms with Crippen LogP contribution in [0.25, 0.3) is 22.3 Å². The molecule has 0 aliphatic carbocycles. The van der Waals surface area contributed by atoms with Crippen molar-refractivity contribution in [3.8, 4) is 0 Å². The van der Waals surface area contributed by atoms with Gasteiger partial charge in [0.15, 0.2) is 34.4 Å². The zero-order valence-electron chi connectivity index (χ0n) is 20.7. The lowest BCUT2D eigenvalue weighted by Gasteiger charge is -2.25. The summed E-state index contributed by atoms with van der Waals surface area (Å²) in [5, 5.41) is 27.9. The molecule has 6 heterocycles. The van der Waals surface area contributed by atoms with E-state index in [2.05, 4.69) is 47.5 Å². The molecule has 6 rings (SSSR count). The van der Waals surface area contributed by atoms with Gasteiger partial charge < -0.3 is 31.2 Å². The number of nitrogens with one attached hydrogen (secondary N) is 1. The van der Waals surface area contributed by atoms with E-state index in [1.54, 1.807) is 0 Å². The standard InChI is InChI=1S/C19H23FN11O8PS/c20-19(31-14-10(28-29-31)13(21)23-5-24-14)4-36-9(12(19)33)3-37-40(35,41)39-8-1-7(2-32)38-17(8)30-6-25-11-15(30)26-18(22)27-16(11)34/h5-9,12,17,32-33H,1-4H2,(H,35,41)(H2,21,23,24)(H3,22,26,27,34)/t7-,8-,9+,12+,17+,19+,40?/m0/s1. The number of imidazole rings is 1. The molecule has 7 atom stereocenters. The van der Waals surface area contributed by atoms with Crippen molar-refractivity contribution in [1.82, 2.24) is 44.5 Å². The molecule has 0 bridgehead atoms. The second-order valence-electron chi connectivity index (χ2n) is 9.30. The van der Waals surface area contributed by atoms with Gasteiger partial charge in [0.05, 0.1) is 25.6 Å². The summed E-state index contributed by atoms with van der Waals surface area (Å²) < 4.78 is 53.4. The fraction of sp³-hybridized carbons (Fsp3) is 0.526. The van der Waals surface area contributed by atoms with Gasteiger partial charge in [-0.2, -0.15) is 9.67 Å². The highest BCUT2D eigenvalue weighted by molar-refractivity contribution is 8.44. The Kier molecular flexibility index (Phi) is 6.93. The number of thiol groups is 1. The number of ether oxygens (including phenoxy) is 2. The van der Waals surface area contributed by atoms with Gasteiger partial charge in [0.25, 0.3) is 11.4 Å². The molecule has 1 unspecified atom stereocenters. The van der Waals surface area contributed by atoms with E-state index in [-0.39, 0.29) is 40.5 Å². The number of alkyl halides is 1. The van der Waals surface area contributed by atoms with Gasteiger partial charge in [0.1, 0.15) is 31.2 Å². The van der Waals surface area contributed by atoms with E-state index in [0.29, 0.717) is 0 Å². The molecule has 2 aliphatic rings. The van der Waals surface area contributed by atoms with E-state index in [4.69, 9.17) is 30.0 Å². The fourth-order valence-corrected chi connectivity index (χ4v) is 6.19. The predicted octanol–water partition coefficient (Wildman–Crippen LogP) is -1.38. The number of hydrogen-bond acceptors (Lipinski definition) is 16. The lowest BCUT2D eigenvalue weighted by atomic mass is 10.1. The van der Waals surface area contributed by atoms with Crippen LogP contribution in [-0.4, -0.2) is 98.9 Å². The number of aromatic nitrogens is 9. The summed E-state index contributed by atoms with van der Waals surface area (Å²) in [6.45, 7) is -5.88. The van der Waals surface area contributed by atoms with E-state index >= 15 is 4.39 Å². The number of aromatic amines is 1. The van der Waals surface area contributed by atoms with Crippen molar-refractivity contribution in [2.45, 2.75) is 42.9 Å². The molecule has 0 aromatic carbocycles. The highest BCUT2D eigenvalue weighted by atomic mass is 32.7. The van der Waals surface area contributed by atoms with E-state index in [0.717, 1.165) is 11.0 Å². The minimum atomic E-state index is -4.22. The third-order valence-corrected chi connectivity index (χ3v) is 8.31. The minimum absolute atomic E-state index is 0.0290. The average Bonchev–Trinajstić information content (AvgIpc) is 3.69. The van der Waals surface area contributed by atoms with E-state index in [1.807, 2.05) is 0 Å². The second kappa shape index (κ2) is 10.2. The lowest BCUT2D eigenvalue weighted by Crippen LogP contribution is -2.44. The minimum Gasteiger partial charge on any atom is -0.394 e. The van der Waals surface area contributed by atoms with Crippen LogP contribution in [0.1, 0.15) is 12.6 Å². The van der Waals surface area contributed by atoms with Gasteiger partial charge in [-0.05, 0) is 0 Å². The van der Waals surface area contributed by atoms with Crippen molar-refractivity contribution >= 4 is 53.1 Å². The number of hydrogen-bond donors (Lipinski definition) is 6. The Morgan fingerprint density at radius 1 is 1.29 bits per heavy atom. The van der Waals surface area contributed by atoms with Crippen LogP contribution in [0, 0.1) is 0 Å². The third-order valence-electron chi connectivity index (χ3n) is 6.67. The number of aliphatic hydroxyl groups is 2. The van der Waals surface area contributed by atoms with Crippen LogP contribution in [0.2, 0.25) is 0 Å². The van der Waals surface area contributed by atoms with Crippen molar-refractivity contribution in [2.75, 3.05) is 31.3 Å². The lowest BCUT2D eigenvalue weighted by molar-refractivity contribution is -0.0556. The number of nitrogen functional groups attached to an aromatic ring is 2. The first-order valence-corrected chi connectivity index (χ1v) is 14.7. The molecular weight excluding hydrogens is 592 g/mol. The molecule has 220 valence electrons. The second-order valence-corrected chi connectivity index (χ2v) is 12.2. The Bertz CT molecular complexity index is 1720. The number of anilines is 2. The van der Waals surface area contributed by atoms with Crippen molar-refractivity contribution < 1.29 is 37.7 Å². The maximum absolute atomic E-state index is 15.9. The quantitative estimate of drug-likeness (QED) is 0.0985. The maximum atomic E-state index is 15.9. The summed E-state index contributed by atoms with van der Waals surface area (Å²) in [7, 11) is 0. The first-order chi connectivity index (χ1) is 19.5. The topological polar surface area (TPSA) is 267 Å². The number of nitrogens with zero attached hydrogens (tertiary/aromatic N) is 8. The normalized spacial score (nSPS) is 29.9. The molecule has 4 aromatic heterocycles. The number of H-pyrrole nitrogens is 1. The zero-order chi connectivity index (χ0) is 29.1. The Morgan fingerprint density at radius 3 is 2.88 bits per heavy atom. The maximum Gasteiger partial charge on any atom is 0.386 e. The summed E-state index contributed by atoms with van der Waals surface area (Å²) in [6.07, 6.45) is -3.60. The highest BCUT2D eigenvalue weighted by Crippen LogP contribution is 2.57. The highest BCUT2D eigenvalue weighted by Gasteiger charge is 2.54. The average molecular weight is 616 g/mol. The zero-order valence-corrected chi connectivity index (χ0v) is 22.5. The van der Waals surface area contributed by atoms with Gasteiger partial charge in [-0.25, -0.2) is 23.9 Å². The van der Waals surface area contributed by atoms with Crippen LogP contribution >= 0.6 is 19.0 Å². The van der Waals surface area contributed by atoms with Gasteiger partial charge in [0, 0.05) is 6.42 Å². The van der Waals surface area contributed by atoms with Crippen LogP contribution in [0.3, 0.4) is 0 Å². The number of nitrogens with two attached hydrogens (primary N) is 2. The third kappa shape index (κ3) is 4.83. The molecule has 41 heavy (non-hydrogen) atoms.